The number of phenolic OH excluding ortho intramolecular Hbond substituents is 1. The molecule has 0 aliphatic carbocycles. The number of phenols is 1. The Morgan fingerprint density at radius 1 is 1.43 bits per heavy atom. The summed E-state index contributed by atoms with van der Waals surface area (Å²) < 4.78 is 0. The fourth-order valence-corrected chi connectivity index (χ4v) is 1.38. The van der Waals surface area contributed by atoms with Crippen molar-refractivity contribution < 1.29 is 5.11 Å². The molecule has 0 saturated carbocycles. The molecule has 1 heterocycles. The molecule has 14 heavy (non-hydrogen) atoms. The molecule has 0 saturated heterocycles. The van der Waals surface area contributed by atoms with E-state index in [1.165, 1.54) is 6.07 Å². The fourth-order valence-electron chi connectivity index (χ4n) is 1.20. The molecule has 1 aromatic carbocycles. The average Bonchev–Trinajstić information content (AvgIpc) is 2.57. The molecule has 72 valence electrons. The maximum absolute atomic E-state index is 9.22. The van der Waals surface area contributed by atoms with Crippen molar-refractivity contribution in [1.29, 1.82) is 0 Å². The Bertz CT molecular complexity index is 467. The first-order chi connectivity index (χ1) is 6.68. The number of rotatable bonds is 1. The van der Waals surface area contributed by atoms with Gasteiger partial charge in [-0.2, -0.15) is 5.10 Å². The minimum atomic E-state index is 0.0532. The van der Waals surface area contributed by atoms with E-state index in [1.54, 1.807) is 18.3 Å². The molecule has 0 atom stereocenters. The van der Waals surface area contributed by atoms with Crippen molar-refractivity contribution in [3.8, 4) is 16.9 Å². The van der Waals surface area contributed by atoms with Crippen LogP contribution >= 0.6 is 11.6 Å². The van der Waals surface area contributed by atoms with Gasteiger partial charge in [-0.3, -0.25) is 5.10 Å². The second-order valence-corrected chi connectivity index (χ2v) is 3.27. The van der Waals surface area contributed by atoms with Gasteiger partial charge in [0.05, 0.1) is 11.2 Å². The summed E-state index contributed by atoms with van der Waals surface area (Å²) in [5.41, 5.74) is 7.23. The number of aromatic nitrogens is 2. The van der Waals surface area contributed by atoms with Crippen LogP contribution in [-0.2, 0) is 0 Å². The summed E-state index contributed by atoms with van der Waals surface area (Å²) in [6, 6.07) is 4.88. The SMILES string of the molecule is Nc1[nH]ncc1-c1ccc(O)c(Cl)c1. The second kappa shape index (κ2) is 3.23. The standard InChI is InChI=1S/C9H8ClN3O/c10-7-3-5(1-2-8(7)14)6-4-12-13-9(6)11/h1-4,14H,(H3,11,12,13). The lowest BCUT2D eigenvalue weighted by molar-refractivity contribution is 0.475. The Morgan fingerprint density at radius 2 is 2.21 bits per heavy atom. The highest BCUT2D eigenvalue weighted by atomic mass is 35.5. The summed E-state index contributed by atoms with van der Waals surface area (Å²) in [6.45, 7) is 0. The summed E-state index contributed by atoms with van der Waals surface area (Å²) in [6.07, 6.45) is 1.61. The fraction of sp³-hybridized carbons (Fsp3) is 0. The Balaban J connectivity index is 2.53. The monoisotopic (exact) mass is 209 g/mol. The van der Waals surface area contributed by atoms with Crippen molar-refractivity contribution in [1.82, 2.24) is 10.2 Å². The Labute approximate surface area is 85.3 Å². The van der Waals surface area contributed by atoms with Crippen molar-refractivity contribution in [3.63, 3.8) is 0 Å². The van der Waals surface area contributed by atoms with Gasteiger partial charge in [-0.05, 0) is 17.7 Å². The summed E-state index contributed by atoms with van der Waals surface area (Å²) in [7, 11) is 0. The van der Waals surface area contributed by atoms with Gasteiger partial charge in [0.15, 0.2) is 0 Å². The summed E-state index contributed by atoms with van der Waals surface area (Å²) in [5, 5.41) is 15.9. The Morgan fingerprint density at radius 3 is 2.79 bits per heavy atom. The molecular weight excluding hydrogens is 202 g/mol. The van der Waals surface area contributed by atoms with Gasteiger partial charge in [-0.15, -0.1) is 0 Å². The van der Waals surface area contributed by atoms with Gasteiger partial charge in [0.25, 0.3) is 0 Å². The van der Waals surface area contributed by atoms with Gasteiger partial charge in [0, 0.05) is 5.56 Å². The van der Waals surface area contributed by atoms with Crippen LogP contribution in [0.15, 0.2) is 24.4 Å². The zero-order valence-electron chi connectivity index (χ0n) is 7.16. The molecule has 5 heteroatoms. The third kappa shape index (κ3) is 1.40. The minimum Gasteiger partial charge on any atom is -0.506 e. The number of nitrogen functional groups attached to an aromatic ring is 1. The van der Waals surface area contributed by atoms with E-state index in [9.17, 15) is 5.11 Å². The smallest absolute Gasteiger partial charge is 0.134 e. The summed E-state index contributed by atoms with van der Waals surface area (Å²) in [4.78, 5) is 0. The van der Waals surface area contributed by atoms with E-state index in [-0.39, 0.29) is 5.75 Å². The molecule has 2 rings (SSSR count). The van der Waals surface area contributed by atoms with Crippen LogP contribution in [0.5, 0.6) is 5.75 Å². The number of aromatic amines is 1. The molecule has 0 radical (unpaired) electrons. The molecule has 0 unspecified atom stereocenters. The van der Waals surface area contributed by atoms with E-state index < -0.39 is 0 Å². The van der Waals surface area contributed by atoms with E-state index in [0.717, 1.165) is 11.1 Å². The van der Waals surface area contributed by atoms with E-state index in [0.29, 0.717) is 10.8 Å². The van der Waals surface area contributed by atoms with Crippen LogP contribution in [0.3, 0.4) is 0 Å². The number of anilines is 1. The lowest BCUT2D eigenvalue weighted by atomic mass is 10.1. The number of aromatic hydroxyl groups is 1. The van der Waals surface area contributed by atoms with Crippen LogP contribution in [0.2, 0.25) is 5.02 Å². The maximum atomic E-state index is 9.22. The highest BCUT2D eigenvalue weighted by molar-refractivity contribution is 6.32. The number of hydrogen-bond acceptors (Lipinski definition) is 3. The van der Waals surface area contributed by atoms with E-state index in [2.05, 4.69) is 10.2 Å². The van der Waals surface area contributed by atoms with E-state index in [1.807, 2.05) is 0 Å². The molecule has 0 fully saturated rings. The largest absolute Gasteiger partial charge is 0.506 e. The zero-order chi connectivity index (χ0) is 10.1. The highest BCUT2D eigenvalue weighted by Gasteiger charge is 2.06. The Hall–Kier alpha value is -1.68. The minimum absolute atomic E-state index is 0.0532. The zero-order valence-corrected chi connectivity index (χ0v) is 7.92. The Kier molecular flexibility index (Phi) is 2.05. The molecule has 0 aliphatic heterocycles. The third-order valence-electron chi connectivity index (χ3n) is 1.93. The van der Waals surface area contributed by atoms with Crippen molar-refractivity contribution in [3.05, 3.63) is 29.4 Å². The average molecular weight is 210 g/mol. The molecule has 2 aromatic rings. The van der Waals surface area contributed by atoms with Crippen molar-refractivity contribution in [2.45, 2.75) is 0 Å². The van der Waals surface area contributed by atoms with Gasteiger partial charge in [-0.1, -0.05) is 17.7 Å². The molecule has 0 bridgehead atoms. The predicted octanol–water partition coefficient (Wildman–Crippen LogP) is 2.02. The number of nitrogens with two attached hydrogens (primary N) is 1. The number of hydrogen-bond donors (Lipinski definition) is 3. The molecule has 4 N–H and O–H groups in total. The van der Waals surface area contributed by atoms with Crippen LogP contribution in [0.1, 0.15) is 0 Å². The molecule has 4 nitrogen and oxygen atoms in total. The van der Waals surface area contributed by atoms with Gasteiger partial charge >= 0.3 is 0 Å². The summed E-state index contributed by atoms with van der Waals surface area (Å²) in [5.74, 6) is 0.532. The number of halogens is 1. The predicted molar refractivity (Wildman–Crippen MR) is 55.1 cm³/mol. The first kappa shape index (κ1) is 8.90. The van der Waals surface area contributed by atoms with Gasteiger partial charge < -0.3 is 10.8 Å². The molecule has 0 amide bonds. The second-order valence-electron chi connectivity index (χ2n) is 2.86. The van der Waals surface area contributed by atoms with E-state index >= 15 is 0 Å². The van der Waals surface area contributed by atoms with Gasteiger partial charge in [0.2, 0.25) is 0 Å². The van der Waals surface area contributed by atoms with Crippen molar-refractivity contribution in [2.75, 3.05) is 5.73 Å². The molecule has 0 spiro atoms. The first-order valence-corrected chi connectivity index (χ1v) is 4.34. The van der Waals surface area contributed by atoms with Crippen LogP contribution in [0, 0.1) is 0 Å². The topological polar surface area (TPSA) is 74.9 Å². The van der Waals surface area contributed by atoms with Gasteiger partial charge in [0.1, 0.15) is 11.6 Å². The van der Waals surface area contributed by atoms with Gasteiger partial charge in [-0.25, -0.2) is 0 Å². The third-order valence-corrected chi connectivity index (χ3v) is 2.23. The number of benzene rings is 1. The molecule has 1 aromatic heterocycles. The normalized spacial score (nSPS) is 10.4. The van der Waals surface area contributed by atoms with Crippen molar-refractivity contribution in [2.24, 2.45) is 0 Å². The quantitative estimate of drug-likeness (QED) is 0.673. The number of nitrogens with one attached hydrogen (secondary N) is 1. The number of H-pyrrole nitrogens is 1. The maximum Gasteiger partial charge on any atom is 0.134 e. The highest BCUT2D eigenvalue weighted by Crippen LogP contribution is 2.30. The number of nitrogens with zero attached hydrogens (tertiary/aromatic N) is 1. The lowest BCUT2D eigenvalue weighted by Gasteiger charge is -2.01. The van der Waals surface area contributed by atoms with Crippen LogP contribution in [0.4, 0.5) is 5.82 Å². The lowest BCUT2D eigenvalue weighted by Crippen LogP contribution is -1.87. The molecule has 0 aliphatic rings. The van der Waals surface area contributed by atoms with E-state index in [4.69, 9.17) is 17.3 Å². The van der Waals surface area contributed by atoms with Crippen LogP contribution in [0.25, 0.3) is 11.1 Å². The van der Waals surface area contributed by atoms with Crippen LogP contribution in [-0.4, -0.2) is 15.3 Å². The molecular formula is C9H8ClN3O. The first-order valence-electron chi connectivity index (χ1n) is 3.96. The van der Waals surface area contributed by atoms with Crippen molar-refractivity contribution >= 4 is 17.4 Å². The van der Waals surface area contributed by atoms with Crippen LogP contribution < -0.4 is 5.73 Å². The summed E-state index contributed by atoms with van der Waals surface area (Å²) >= 11 is 5.76.